The number of imidazole rings is 1. The molecule has 0 aromatic carbocycles. The van der Waals surface area contributed by atoms with Crippen molar-refractivity contribution in [1.29, 1.82) is 0 Å². The van der Waals surface area contributed by atoms with Crippen LogP contribution in [0.5, 0.6) is 6.01 Å². The summed E-state index contributed by atoms with van der Waals surface area (Å²) >= 11 is 5.91. The molecule has 7 nitrogen and oxygen atoms in total. The summed E-state index contributed by atoms with van der Waals surface area (Å²) < 4.78 is 7.29. The lowest BCUT2D eigenvalue weighted by Crippen LogP contribution is -2.26. The molecule has 0 N–H and O–H groups in total. The predicted molar refractivity (Wildman–Crippen MR) is 77.7 cm³/mol. The summed E-state index contributed by atoms with van der Waals surface area (Å²) in [4.78, 5) is 18.6. The molecule has 3 heterocycles. The predicted octanol–water partition coefficient (Wildman–Crippen LogP) is 1.57. The number of likely N-dealkylation sites (tertiary alicyclic amines) is 1. The molecule has 2 aromatic heterocycles. The summed E-state index contributed by atoms with van der Waals surface area (Å²) in [5, 5.41) is 0.113. The van der Waals surface area contributed by atoms with E-state index in [1.165, 1.54) is 12.8 Å². The molecule has 0 aliphatic carbocycles. The fourth-order valence-electron chi connectivity index (χ4n) is 2.51. The third-order valence-corrected chi connectivity index (χ3v) is 3.83. The third-order valence-electron chi connectivity index (χ3n) is 3.66. The fourth-order valence-corrected chi connectivity index (χ4v) is 2.66. The van der Waals surface area contributed by atoms with Crippen molar-refractivity contribution in [3.05, 3.63) is 24.0 Å². The molecule has 1 atom stereocenters. The van der Waals surface area contributed by atoms with E-state index in [-0.39, 0.29) is 11.3 Å². The number of nitrogens with zero attached hydrogens (tertiary/aromatic N) is 6. The molecule has 21 heavy (non-hydrogen) atoms. The molecule has 112 valence electrons. The standard InChI is InChI=1S/C13H17ClN6O/c1-19-6-2-3-10(19)4-8-21-13-17-11(14)16-12(18-13)20-7-5-15-9-20/h5,7,9-10H,2-4,6,8H2,1H3. The SMILES string of the molecule is CN1CCCC1CCOc1nc(Cl)nc(-n2ccnc2)n1. The maximum atomic E-state index is 5.91. The van der Waals surface area contributed by atoms with Gasteiger partial charge in [0, 0.05) is 18.4 Å². The van der Waals surface area contributed by atoms with E-state index in [4.69, 9.17) is 16.3 Å². The highest BCUT2D eigenvalue weighted by Gasteiger charge is 2.20. The molecule has 8 heteroatoms. The third kappa shape index (κ3) is 3.48. The van der Waals surface area contributed by atoms with Crippen molar-refractivity contribution in [2.24, 2.45) is 0 Å². The van der Waals surface area contributed by atoms with Gasteiger partial charge in [-0.05, 0) is 44.5 Å². The molecule has 1 unspecified atom stereocenters. The van der Waals surface area contributed by atoms with Gasteiger partial charge in [0.1, 0.15) is 6.33 Å². The summed E-state index contributed by atoms with van der Waals surface area (Å²) in [5.74, 6) is 0.403. The molecule has 0 bridgehead atoms. The van der Waals surface area contributed by atoms with Gasteiger partial charge in [0.15, 0.2) is 0 Å². The van der Waals surface area contributed by atoms with E-state index in [1.54, 1.807) is 23.3 Å². The maximum absolute atomic E-state index is 5.91. The Balaban J connectivity index is 1.63. The Hall–Kier alpha value is -1.73. The Bertz CT molecular complexity index is 590. The lowest BCUT2D eigenvalue weighted by atomic mass is 10.2. The lowest BCUT2D eigenvalue weighted by Gasteiger charge is -2.18. The highest BCUT2D eigenvalue weighted by Crippen LogP contribution is 2.18. The second-order valence-electron chi connectivity index (χ2n) is 5.07. The van der Waals surface area contributed by atoms with Crippen LogP contribution in [0.3, 0.4) is 0 Å². The first kappa shape index (κ1) is 14.2. The first-order valence-corrected chi connectivity index (χ1v) is 7.33. The molecule has 1 fully saturated rings. The summed E-state index contributed by atoms with van der Waals surface area (Å²) in [6.45, 7) is 1.73. The van der Waals surface area contributed by atoms with E-state index in [2.05, 4.69) is 31.9 Å². The smallest absolute Gasteiger partial charge is 0.322 e. The van der Waals surface area contributed by atoms with Crippen molar-refractivity contribution in [1.82, 2.24) is 29.4 Å². The first-order valence-electron chi connectivity index (χ1n) is 6.95. The summed E-state index contributed by atoms with van der Waals surface area (Å²) in [6, 6.07) is 0.828. The van der Waals surface area contributed by atoms with E-state index >= 15 is 0 Å². The first-order chi connectivity index (χ1) is 10.2. The Morgan fingerprint density at radius 2 is 2.29 bits per heavy atom. The van der Waals surface area contributed by atoms with E-state index < -0.39 is 0 Å². The molecule has 1 aliphatic heterocycles. The van der Waals surface area contributed by atoms with Gasteiger partial charge in [0.2, 0.25) is 11.2 Å². The van der Waals surface area contributed by atoms with Crippen LogP contribution in [0.15, 0.2) is 18.7 Å². The monoisotopic (exact) mass is 308 g/mol. The highest BCUT2D eigenvalue weighted by atomic mass is 35.5. The number of aromatic nitrogens is 5. The van der Waals surface area contributed by atoms with Crippen LogP contribution in [0, 0.1) is 0 Å². The van der Waals surface area contributed by atoms with Gasteiger partial charge < -0.3 is 9.64 Å². The van der Waals surface area contributed by atoms with Gasteiger partial charge in [-0.2, -0.15) is 15.0 Å². The molecule has 3 rings (SSSR count). The van der Waals surface area contributed by atoms with Gasteiger partial charge in [0.05, 0.1) is 6.61 Å². The molecule has 0 amide bonds. The van der Waals surface area contributed by atoms with Gasteiger partial charge in [-0.15, -0.1) is 0 Å². The van der Waals surface area contributed by atoms with Crippen LogP contribution < -0.4 is 4.74 Å². The maximum Gasteiger partial charge on any atom is 0.322 e. The van der Waals surface area contributed by atoms with Gasteiger partial charge in [-0.25, -0.2) is 4.98 Å². The second kappa shape index (κ2) is 6.36. The van der Waals surface area contributed by atoms with E-state index in [9.17, 15) is 0 Å². The van der Waals surface area contributed by atoms with Crippen molar-refractivity contribution < 1.29 is 4.74 Å². The topological polar surface area (TPSA) is 69.0 Å². The summed E-state index contributed by atoms with van der Waals surface area (Å²) in [5.41, 5.74) is 0. The normalized spacial score (nSPS) is 19.0. The molecule has 2 aromatic rings. The van der Waals surface area contributed by atoms with E-state index in [1.807, 2.05) is 0 Å². The average molecular weight is 309 g/mol. The minimum atomic E-state index is 0.113. The molecule has 0 spiro atoms. The Morgan fingerprint density at radius 3 is 3.00 bits per heavy atom. The summed E-state index contributed by atoms with van der Waals surface area (Å²) in [7, 11) is 2.15. The number of ether oxygens (including phenoxy) is 1. The van der Waals surface area contributed by atoms with E-state index in [0.29, 0.717) is 18.6 Å². The van der Waals surface area contributed by atoms with Crippen molar-refractivity contribution in [3.63, 3.8) is 0 Å². The Kier molecular flexibility index (Phi) is 4.31. The minimum Gasteiger partial charge on any atom is -0.463 e. The highest BCUT2D eigenvalue weighted by molar-refractivity contribution is 6.28. The zero-order chi connectivity index (χ0) is 14.7. The minimum absolute atomic E-state index is 0.113. The van der Waals surface area contributed by atoms with Gasteiger partial charge in [-0.3, -0.25) is 4.57 Å². The zero-order valence-electron chi connectivity index (χ0n) is 11.8. The Morgan fingerprint density at radius 1 is 1.38 bits per heavy atom. The number of hydrogen-bond donors (Lipinski definition) is 0. The van der Waals surface area contributed by atoms with Gasteiger partial charge in [0.25, 0.3) is 0 Å². The van der Waals surface area contributed by atoms with Crippen LogP contribution in [0.2, 0.25) is 5.28 Å². The molecule has 0 radical (unpaired) electrons. The van der Waals surface area contributed by atoms with Crippen molar-refractivity contribution >= 4 is 11.6 Å². The molecule has 1 saturated heterocycles. The number of hydrogen-bond acceptors (Lipinski definition) is 6. The quantitative estimate of drug-likeness (QED) is 0.835. The van der Waals surface area contributed by atoms with Crippen LogP contribution in [0.25, 0.3) is 5.95 Å². The number of rotatable bonds is 5. The Labute approximate surface area is 128 Å². The van der Waals surface area contributed by atoms with Gasteiger partial charge in [-0.1, -0.05) is 0 Å². The largest absolute Gasteiger partial charge is 0.463 e. The molecular weight excluding hydrogens is 292 g/mol. The van der Waals surface area contributed by atoms with Gasteiger partial charge >= 0.3 is 6.01 Å². The van der Waals surface area contributed by atoms with Crippen LogP contribution in [0.4, 0.5) is 0 Å². The molecule has 1 aliphatic rings. The van der Waals surface area contributed by atoms with Crippen LogP contribution in [0.1, 0.15) is 19.3 Å². The van der Waals surface area contributed by atoms with Crippen LogP contribution in [-0.4, -0.2) is 55.6 Å². The molecular formula is C13H17ClN6O. The summed E-state index contributed by atoms with van der Waals surface area (Å²) in [6.07, 6.45) is 8.42. The van der Waals surface area contributed by atoms with Crippen molar-refractivity contribution in [2.75, 3.05) is 20.2 Å². The fraction of sp³-hybridized carbons (Fsp3) is 0.538. The zero-order valence-corrected chi connectivity index (χ0v) is 12.6. The van der Waals surface area contributed by atoms with Crippen LogP contribution in [-0.2, 0) is 0 Å². The second-order valence-corrected chi connectivity index (χ2v) is 5.41. The van der Waals surface area contributed by atoms with Crippen molar-refractivity contribution in [3.8, 4) is 12.0 Å². The average Bonchev–Trinajstić information content (AvgIpc) is 3.10. The van der Waals surface area contributed by atoms with Crippen LogP contribution >= 0.6 is 11.6 Å². The lowest BCUT2D eigenvalue weighted by molar-refractivity contribution is 0.222. The molecule has 0 saturated carbocycles. The number of halogens is 1. The van der Waals surface area contributed by atoms with Crippen molar-refractivity contribution in [2.45, 2.75) is 25.3 Å². The van der Waals surface area contributed by atoms with E-state index in [0.717, 1.165) is 13.0 Å².